The highest BCUT2D eigenvalue weighted by atomic mass is 79.9. The maximum Gasteiger partial charge on any atom is 0.335 e. The lowest BCUT2D eigenvalue weighted by Gasteiger charge is -2.25. The molecule has 5 nitrogen and oxygen atoms in total. The predicted octanol–water partition coefficient (Wildman–Crippen LogP) is 3.95. The van der Waals surface area contributed by atoms with E-state index in [1.807, 2.05) is 4.90 Å². The third kappa shape index (κ3) is 4.46. The number of amides is 2. The smallest absolute Gasteiger partial charge is 0.335 e. The zero-order valence-electron chi connectivity index (χ0n) is 11.8. The Kier molecular flexibility index (Phi) is 5.61. The fourth-order valence-corrected chi connectivity index (χ4v) is 2.87. The molecule has 0 aromatic heterocycles. The molecule has 0 radical (unpaired) electrons. The van der Waals surface area contributed by atoms with Crippen LogP contribution in [0.5, 0.6) is 0 Å². The molecule has 1 saturated heterocycles. The van der Waals surface area contributed by atoms with Gasteiger partial charge in [-0.15, -0.1) is 0 Å². The standard InChI is InChI=1S/C15H19BrN2O3/c16-12-10-11(14(19)20)6-7-13(12)17-15(21)18-8-4-2-1-3-5-9-18/h6-7,10H,1-5,8-9H2,(H,17,21)(H,19,20). The zero-order chi connectivity index (χ0) is 15.2. The normalized spacial score (nSPS) is 16.0. The summed E-state index contributed by atoms with van der Waals surface area (Å²) in [7, 11) is 0. The summed E-state index contributed by atoms with van der Waals surface area (Å²) in [4.78, 5) is 25.0. The van der Waals surface area contributed by atoms with E-state index in [9.17, 15) is 9.59 Å². The molecule has 0 unspecified atom stereocenters. The number of rotatable bonds is 2. The summed E-state index contributed by atoms with van der Waals surface area (Å²) >= 11 is 3.30. The summed E-state index contributed by atoms with van der Waals surface area (Å²) in [5.41, 5.74) is 0.776. The second-order valence-electron chi connectivity index (χ2n) is 5.18. The monoisotopic (exact) mass is 354 g/mol. The van der Waals surface area contributed by atoms with E-state index in [4.69, 9.17) is 5.11 Å². The van der Waals surface area contributed by atoms with Crippen LogP contribution in [0.3, 0.4) is 0 Å². The number of nitrogens with one attached hydrogen (secondary N) is 1. The van der Waals surface area contributed by atoms with Gasteiger partial charge in [-0.3, -0.25) is 0 Å². The predicted molar refractivity (Wildman–Crippen MR) is 84.8 cm³/mol. The number of halogens is 1. The van der Waals surface area contributed by atoms with Crippen molar-refractivity contribution in [2.45, 2.75) is 32.1 Å². The number of hydrogen-bond acceptors (Lipinski definition) is 2. The molecule has 1 aliphatic heterocycles. The van der Waals surface area contributed by atoms with Crippen molar-refractivity contribution >= 4 is 33.6 Å². The van der Waals surface area contributed by atoms with Crippen LogP contribution >= 0.6 is 15.9 Å². The van der Waals surface area contributed by atoms with Gasteiger partial charge in [0.2, 0.25) is 0 Å². The number of likely N-dealkylation sites (tertiary alicyclic amines) is 1. The van der Waals surface area contributed by atoms with Gasteiger partial charge in [-0.2, -0.15) is 0 Å². The van der Waals surface area contributed by atoms with Gasteiger partial charge in [0.1, 0.15) is 0 Å². The average molecular weight is 355 g/mol. The molecule has 0 bridgehead atoms. The van der Waals surface area contributed by atoms with Crippen LogP contribution in [-0.4, -0.2) is 35.1 Å². The SMILES string of the molecule is O=C(O)c1ccc(NC(=O)N2CCCCCCC2)c(Br)c1. The molecule has 2 rings (SSSR count). The van der Waals surface area contributed by atoms with Gasteiger partial charge in [0.15, 0.2) is 0 Å². The Bertz CT molecular complexity index is 526. The lowest BCUT2D eigenvalue weighted by molar-refractivity contribution is 0.0697. The molecule has 1 heterocycles. The summed E-state index contributed by atoms with van der Waals surface area (Å²) in [6, 6.07) is 4.46. The molecule has 2 amide bonds. The zero-order valence-corrected chi connectivity index (χ0v) is 13.4. The van der Waals surface area contributed by atoms with Crippen LogP contribution in [0.15, 0.2) is 22.7 Å². The van der Waals surface area contributed by atoms with Gasteiger partial charge in [0.05, 0.1) is 11.3 Å². The molecule has 6 heteroatoms. The van der Waals surface area contributed by atoms with Crippen LogP contribution in [0, 0.1) is 0 Å². The Morgan fingerprint density at radius 3 is 2.29 bits per heavy atom. The third-order valence-electron chi connectivity index (χ3n) is 3.60. The van der Waals surface area contributed by atoms with Crippen molar-refractivity contribution in [3.63, 3.8) is 0 Å². The maximum absolute atomic E-state index is 12.3. The van der Waals surface area contributed by atoms with Gasteiger partial charge in [0.25, 0.3) is 0 Å². The summed E-state index contributed by atoms with van der Waals surface area (Å²) in [6.07, 6.45) is 5.65. The highest BCUT2D eigenvalue weighted by molar-refractivity contribution is 9.10. The molecule has 0 aliphatic carbocycles. The van der Waals surface area contributed by atoms with Crippen molar-refractivity contribution in [3.05, 3.63) is 28.2 Å². The van der Waals surface area contributed by atoms with Crippen LogP contribution in [0.25, 0.3) is 0 Å². The van der Waals surface area contributed by atoms with E-state index in [0.29, 0.717) is 10.2 Å². The molecule has 1 aliphatic rings. The first-order valence-corrected chi connectivity index (χ1v) is 7.96. The number of carboxylic acids is 1. The molecule has 1 aromatic rings. The van der Waals surface area contributed by atoms with Crippen molar-refractivity contribution in [3.8, 4) is 0 Å². The Morgan fingerprint density at radius 2 is 1.71 bits per heavy atom. The maximum atomic E-state index is 12.3. The number of hydrogen-bond donors (Lipinski definition) is 2. The molecule has 0 saturated carbocycles. The van der Waals surface area contributed by atoms with Crippen LogP contribution < -0.4 is 5.32 Å². The van der Waals surface area contributed by atoms with E-state index in [2.05, 4.69) is 21.2 Å². The minimum atomic E-state index is -0.989. The molecule has 0 spiro atoms. The first-order chi connectivity index (χ1) is 10.1. The second kappa shape index (κ2) is 7.45. The minimum absolute atomic E-state index is 0.124. The van der Waals surface area contributed by atoms with Crippen molar-refractivity contribution < 1.29 is 14.7 Å². The number of carbonyl (C=O) groups is 2. The number of urea groups is 1. The Morgan fingerprint density at radius 1 is 1.10 bits per heavy atom. The van der Waals surface area contributed by atoms with E-state index < -0.39 is 5.97 Å². The summed E-state index contributed by atoms with van der Waals surface area (Å²) < 4.78 is 0.572. The molecule has 21 heavy (non-hydrogen) atoms. The Labute approximate surface area is 132 Å². The number of aromatic carboxylic acids is 1. The van der Waals surface area contributed by atoms with Crippen molar-refractivity contribution in [2.24, 2.45) is 0 Å². The highest BCUT2D eigenvalue weighted by Gasteiger charge is 2.16. The minimum Gasteiger partial charge on any atom is -0.478 e. The van der Waals surface area contributed by atoms with Gasteiger partial charge in [0, 0.05) is 17.6 Å². The van der Waals surface area contributed by atoms with Crippen molar-refractivity contribution in [1.29, 1.82) is 0 Å². The van der Waals surface area contributed by atoms with E-state index in [0.717, 1.165) is 25.9 Å². The van der Waals surface area contributed by atoms with Crippen molar-refractivity contribution in [1.82, 2.24) is 4.90 Å². The fourth-order valence-electron chi connectivity index (χ4n) is 2.39. The average Bonchev–Trinajstić information content (AvgIpc) is 2.40. The molecule has 114 valence electrons. The Balaban J connectivity index is 2.02. The number of anilines is 1. The van der Waals surface area contributed by atoms with Gasteiger partial charge in [-0.1, -0.05) is 19.3 Å². The fraction of sp³-hybridized carbons (Fsp3) is 0.467. The van der Waals surface area contributed by atoms with Crippen molar-refractivity contribution in [2.75, 3.05) is 18.4 Å². The van der Waals surface area contributed by atoms with Crippen LogP contribution in [0.1, 0.15) is 42.5 Å². The lowest BCUT2D eigenvalue weighted by atomic mass is 10.1. The van der Waals surface area contributed by atoms with E-state index in [1.165, 1.54) is 31.4 Å². The van der Waals surface area contributed by atoms with Gasteiger partial charge in [-0.05, 0) is 47.0 Å². The number of carboxylic acid groups (broad SMARTS) is 1. The number of carbonyl (C=O) groups excluding carboxylic acids is 1. The van der Waals surface area contributed by atoms with Gasteiger partial charge >= 0.3 is 12.0 Å². The third-order valence-corrected chi connectivity index (χ3v) is 4.26. The first kappa shape index (κ1) is 15.8. The summed E-state index contributed by atoms with van der Waals surface area (Å²) in [5, 5.41) is 11.8. The largest absolute Gasteiger partial charge is 0.478 e. The van der Waals surface area contributed by atoms with Crippen LogP contribution in [0.2, 0.25) is 0 Å². The van der Waals surface area contributed by atoms with E-state index >= 15 is 0 Å². The van der Waals surface area contributed by atoms with E-state index in [-0.39, 0.29) is 11.6 Å². The molecule has 1 fully saturated rings. The summed E-state index contributed by atoms with van der Waals surface area (Å²) in [5.74, 6) is -0.989. The molecule has 0 atom stereocenters. The quantitative estimate of drug-likeness (QED) is 0.844. The molecule has 2 N–H and O–H groups in total. The Hall–Kier alpha value is -1.56. The number of benzene rings is 1. The van der Waals surface area contributed by atoms with Crippen LogP contribution in [0.4, 0.5) is 10.5 Å². The molecular formula is C15H19BrN2O3. The summed E-state index contributed by atoms with van der Waals surface area (Å²) in [6.45, 7) is 1.55. The molecule has 1 aromatic carbocycles. The van der Waals surface area contributed by atoms with Crippen LogP contribution in [-0.2, 0) is 0 Å². The number of nitrogens with zero attached hydrogens (tertiary/aromatic N) is 1. The lowest BCUT2D eigenvalue weighted by Crippen LogP contribution is -2.37. The highest BCUT2D eigenvalue weighted by Crippen LogP contribution is 2.24. The van der Waals surface area contributed by atoms with Gasteiger partial charge in [-0.25, -0.2) is 9.59 Å². The second-order valence-corrected chi connectivity index (χ2v) is 6.04. The molecular weight excluding hydrogens is 336 g/mol. The first-order valence-electron chi connectivity index (χ1n) is 7.16. The topological polar surface area (TPSA) is 69.6 Å². The van der Waals surface area contributed by atoms with Gasteiger partial charge < -0.3 is 15.3 Å². The van der Waals surface area contributed by atoms with E-state index in [1.54, 1.807) is 6.07 Å².